The molecule has 0 fully saturated rings. The van der Waals surface area contributed by atoms with Crippen molar-refractivity contribution in [3.8, 4) is 0 Å². The van der Waals surface area contributed by atoms with Gasteiger partial charge < -0.3 is 5.73 Å². The third-order valence-corrected chi connectivity index (χ3v) is 3.95. The number of nitrogens with two attached hydrogens (primary N) is 1. The van der Waals surface area contributed by atoms with E-state index in [-0.39, 0.29) is 11.3 Å². The lowest BCUT2D eigenvalue weighted by Gasteiger charge is -2.18. The molecule has 0 aromatic heterocycles. The number of nitrogens with zero attached hydrogens (tertiary/aromatic N) is 2. The lowest BCUT2D eigenvalue weighted by molar-refractivity contribution is -0.385. The Morgan fingerprint density at radius 2 is 1.75 bits per heavy atom. The molecule has 0 spiro atoms. The van der Waals surface area contributed by atoms with Crippen LogP contribution in [0.3, 0.4) is 0 Å². The van der Waals surface area contributed by atoms with Gasteiger partial charge in [0.1, 0.15) is 0 Å². The number of amides is 1. The summed E-state index contributed by atoms with van der Waals surface area (Å²) in [6.07, 6.45) is 0. The van der Waals surface area contributed by atoms with Gasteiger partial charge in [0.15, 0.2) is 0 Å². The number of carbonyl (C=O) groups excluding carboxylic acids is 1. The number of hydrogen-bond donors (Lipinski definition) is 1. The largest absolute Gasteiger partial charge is 0.366 e. The predicted molar refractivity (Wildman–Crippen MR) is 92.7 cm³/mol. The summed E-state index contributed by atoms with van der Waals surface area (Å²) in [4.78, 5) is 24.0. The molecule has 6 heteroatoms. The minimum Gasteiger partial charge on any atom is -0.366 e. The van der Waals surface area contributed by atoms with Gasteiger partial charge >= 0.3 is 0 Å². The van der Waals surface area contributed by atoms with Crippen molar-refractivity contribution in [2.45, 2.75) is 26.9 Å². The van der Waals surface area contributed by atoms with Gasteiger partial charge in [-0.3, -0.25) is 19.8 Å². The topological polar surface area (TPSA) is 89.5 Å². The summed E-state index contributed by atoms with van der Waals surface area (Å²) in [5.41, 5.74) is 9.38. The first-order valence-electron chi connectivity index (χ1n) is 7.59. The molecule has 0 unspecified atom stereocenters. The zero-order chi connectivity index (χ0) is 17.9. The SMILES string of the molecule is Cc1ccc(CN(C)Cc2ccc(C(N)=O)cc2[N+](=O)[O-])c(C)c1. The summed E-state index contributed by atoms with van der Waals surface area (Å²) >= 11 is 0. The number of primary amides is 1. The van der Waals surface area contributed by atoms with E-state index in [0.29, 0.717) is 18.7 Å². The molecule has 126 valence electrons. The molecule has 0 saturated carbocycles. The number of nitro groups is 1. The third kappa shape index (κ3) is 4.17. The van der Waals surface area contributed by atoms with Crippen LogP contribution < -0.4 is 5.73 Å². The first-order chi connectivity index (χ1) is 11.3. The van der Waals surface area contributed by atoms with Crippen LogP contribution in [0.4, 0.5) is 5.69 Å². The van der Waals surface area contributed by atoms with E-state index < -0.39 is 10.8 Å². The van der Waals surface area contributed by atoms with E-state index >= 15 is 0 Å². The average molecular weight is 327 g/mol. The molecule has 1 amide bonds. The molecule has 0 heterocycles. The molecule has 6 nitrogen and oxygen atoms in total. The van der Waals surface area contributed by atoms with Gasteiger partial charge in [-0.1, -0.05) is 29.8 Å². The van der Waals surface area contributed by atoms with Crippen LogP contribution in [0.15, 0.2) is 36.4 Å². The van der Waals surface area contributed by atoms with Crippen molar-refractivity contribution >= 4 is 11.6 Å². The van der Waals surface area contributed by atoms with E-state index in [1.165, 1.54) is 28.8 Å². The molecule has 2 aromatic rings. The second-order valence-electron chi connectivity index (χ2n) is 6.07. The fourth-order valence-electron chi connectivity index (χ4n) is 2.68. The second-order valence-corrected chi connectivity index (χ2v) is 6.07. The summed E-state index contributed by atoms with van der Waals surface area (Å²) in [5.74, 6) is -0.673. The molecule has 0 bridgehead atoms. The lowest BCUT2D eigenvalue weighted by Crippen LogP contribution is -2.19. The Labute approximate surface area is 141 Å². The van der Waals surface area contributed by atoms with Crippen molar-refractivity contribution in [3.05, 3.63) is 74.3 Å². The van der Waals surface area contributed by atoms with E-state index in [0.717, 1.165) is 0 Å². The molecular weight excluding hydrogens is 306 g/mol. The standard InChI is InChI=1S/C18H21N3O3/c1-12-4-5-15(13(2)8-12)10-20(3)11-16-7-6-14(18(19)22)9-17(16)21(23)24/h4-9H,10-11H2,1-3H3,(H2,19,22). The lowest BCUT2D eigenvalue weighted by atomic mass is 10.0. The van der Waals surface area contributed by atoms with Crippen molar-refractivity contribution in [1.82, 2.24) is 4.90 Å². The molecule has 0 aliphatic carbocycles. The molecule has 0 saturated heterocycles. The maximum atomic E-state index is 11.3. The molecule has 0 aliphatic rings. The zero-order valence-electron chi connectivity index (χ0n) is 14.1. The van der Waals surface area contributed by atoms with Gasteiger partial charge in [-0.25, -0.2) is 0 Å². The molecule has 2 N–H and O–H groups in total. The van der Waals surface area contributed by atoms with Crippen molar-refractivity contribution < 1.29 is 9.72 Å². The minimum atomic E-state index is -0.673. The predicted octanol–water partition coefficient (Wildman–Crippen LogP) is 2.94. The maximum absolute atomic E-state index is 11.3. The molecule has 0 aliphatic heterocycles. The van der Waals surface area contributed by atoms with Crippen LogP contribution in [0, 0.1) is 24.0 Å². The Morgan fingerprint density at radius 1 is 1.12 bits per heavy atom. The Hall–Kier alpha value is -2.73. The van der Waals surface area contributed by atoms with Gasteiger partial charge in [-0.05, 0) is 38.1 Å². The van der Waals surface area contributed by atoms with Gasteiger partial charge in [0, 0.05) is 30.3 Å². The highest BCUT2D eigenvalue weighted by Crippen LogP contribution is 2.22. The Balaban J connectivity index is 2.20. The number of aryl methyl sites for hydroxylation is 2. The van der Waals surface area contributed by atoms with E-state index in [1.54, 1.807) is 6.07 Å². The fraction of sp³-hybridized carbons (Fsp3) is 0.278. The number of rotatable bonds is 6. The van der Waals surface area contributed by atoms with Crippen molar-refractivity contribution in [2.75, 3.05) is 7.05 Å². The highest BCUT2D eigenvalue weighted by molar-refractivity contribution is 5.93. The third-order valence-electron chi connectivity index (χ3n) is 3.95. The van der Waals surface area contributed by atoms with Crippen LogP contribution in [-0.2, 0) is 13.1 Å². The molecule has 24 heavy (non-hydrogen) atoms. The van der Waals surface area contributed by atoms with Gasteiger partial charge in [0.2, 0.25) is 5.91 Å². The van der Waals surface area contributed by atoms with Crippen LogP contribution >= 0.6 is 0 Å². The number of nitro benzene ring substituents is 1. The highest BCUT2D eigenvalue weighted by Gasteiger charge is 2.18. The number of benzene rings is 2. The molecule has 0 radical (unpaired) electrons. The van der Waals surface area contributed by atoms with Crippen molar-refractivity contribution in [1.29, 1.82) is 0 Å². The maximum Gasteiger partial charge on any atom is 0.274 e. The first kappa shape index (κ1) is 17.6. The van der Waals surface area contributed by atoms with Crippen LogP contribution in [0.25, 0.3) is 0 Å². The van der Waals surface area contributed by atoms with E-state index in [4.69, 9.17) is 5.73 Å². The summed E-state index contributed by atoms with van der Waals surface area (Å²) in [6, 6.07) is 10.6. The number of carbonyl (C=O) groups is 1. The quantitative estimate of drug-likeness (QED) is 0.652. The second kappa shape index (κ2) is 7.23. The van der Waals surface area contributed by atoms with Crippen LogP contribution in [-0.4, -0.2) is 22.8 Å². The van der Waals surface area contributed by atoms with Crippen LogP contribution in [0.5, 0.6) is 0 Å². The normalized spacial score (nSPS) is 10.8. The molecule has 2 aromatic carbocycles. The Morgan fingerprint density at radius 3 is 2.33 bits per heavy atom. The van der Waals surface area contributed by atoms with Gasteiger partial charge in [0.25, 0.3) is 5.69 Å². The summed E-state index contributed by atoms with van der Waals surface area (Å²) in [6.45, 7) is 5.19. The van der Waals surface area contributed by atoms with Gasteiger partial charge in [-0.15, -0.1) is 0 Å². The van der Waals surface area contributed by atoms with Crippen LogP contribution in [0.2, 0.25) is 0 Å². The smallest absolute Gasteiger partial charge is 0.274 e. The fourth-order valence-corrected chi connectivity index (χ4v) is 2.68. The average Bonchev–Trinajstić information content (AvgIpc) is 2.50. The summed E-state index contributed by atoms with van der Waals surface area (Å²) in [5, 5.41) is 11.3. The highest BCUT2D eigenvalue weighted by atomic mass is 16.6. The monoisotopic (exact) mass is 327 g/mol. The number of hydrogen-bond acceptors (Lipinski definition) is 4. The molecule has 0 atom stereocenters. The van der Waals surface area contributed by atoms with Gasteiger partial charge in [-0.2, -0.15) is 0 Å². The van der Waals surface area contributed by atoms with Gasteiger partial charge in [0.05, 0.1) is 4.92 Å². The van der Waals surface area contributed by atoms with E-state index in [2.05, 4.69) is 25.1 Å². The van der Waals surface area contributed by atoms with Crippen molar-refractivity contribution in [3.63, 3.8) is 0 Å². The molecule has 2 rings (SSSR count). The van der Waals surface area contributed by atoms with E-state index in [9.17, 15) is 14.9 Å². The summed E-state index contributed by atoms with van der Waals surface area (Å²) in [7, 11) is 1.91. The Bertz CT molecular complexity index is 787. The summed E-state index contributed by atoms with van der Waals surface area (Å²) < 4.78 is 0. The zero-order valence-corrected chi connectivity index (χ0v) is 14.1. The Kier molecular flexibility index (Phi) is 5.31. The van der Waals surface area contributed by atoms with E-state index in [1.807, 2.05) is 18.9 Å². The van der Waals surface area contributed by atoms with Crippen LogP contribution in [0.1, 0.15) is 32.6 Å². The first-order valence-corrected chi connectivity index (χ1v) is 7.59. The minimum absolute atomic E-state index is 0.0845. The molecular formula is C18H21N3O3. The van der Waals surface area contributed by atoms with Crippen molar-refractivity contribution in [2.24, 2.45) is 5.73 Å².